The normalized spacial score (nSPS) is 25.7. The molecule has 1 amide bonds. The minimum Gasteiger partial charge on any atom is -0.339 e. The van der Waals surface area contributed by atoms with Gasteiger partial charge in [0.25, 0.3) is 0 Å². The van der Waals surface area contributed by atoms with Crippen molar-refractivity contribution in [3.63, 3.8) is 0 Å². The third kappa shape index (κ3) is 3.61. The van der Waals surface area contributed by atoms with Gasteiger partial charge in [0.15, 0.2) is 0 Å². The molecule has 100 valence electrons. The Bertz CT molecular complexity index is 317. The molecular weight excluding hydrogens is 248 g/mol. The third-order valence-electron chi connectivity index (χ3n) is 3.44. The average molecular weight is 268 g/mol. The minimum absolute atomic E-state index is 0.00871. The number of nitrogens with zero attached hydrogens (tertiary/aromatic N) is 3. The number of piperazine rings is 1. The SMILES string of the molecule is N#CCCN1CCN(C(=O)C2CSCCN2)CC1. The summed E-state index contributed by atoms with van der Waals surface area (Å²) in [5, 5.41) is 11.8. The maximum Gasteiger partial charge on any atom is 0.240 e. The van der Waals surface area contributed by atoms with Crippen molar-refractivity contribution in [3.05, 3.63) is 0 Å². The van der Waals surface area contributed by atoms with Gasteiger partial charge in [0.1, 0.15) is 0 Å². The predicted molar refractivity (Wildman–Crippen MR) is 72.4 cm³/mol. The summed E-state index contributed by atoms with van der Waals surface area (Å²) >= 11 is 1.85. The quantitative estimate of drug-likeness (QED) is 0.765. The van der Waals surface area contributed by atoms with E-state index in [-0.39, 0.29) is 11.9 Å². The Morgan fingerprint density at radius 2 is 2.17 bits per heavy atom. The molecule has 0 spiro atoms. The average Bonchev–Trinajstić information content (AvgIpc) is 2.46. The monoisotopic (exact) mass is 268 g/mol. The molecule has 2 aliphatic rings. The zero-order valence-corrected chi connectivity index (χ0v) is 11.4. The van der Waals surface area contributed by atoms with Crippen molar-refractivity contribution in [3.8, 4) is 6.07 Å². The Labute approximate surface area is 112 Å². The molecule has 0 radical (unpaired) electrons. The van der Waals surface area contributed by atoms with Gasteiger partial charge in [-0.15, -0.1) is 0 Å². The van der Waals surface area contributed by atoms with Gasteiger partial charge in [0, 0.05) is 57.2 Å². The number of amides is 1. The van der Waals surface area contributed by atoms with Crippen LogP contribution in [0.5, 0.6) is 0 Å². The van der Waals surface area contributed by atoms with E-state index in [9.17, 15) is 4.79 Å². The van der Waals surface area contributed by atoms with Gasteiger partial charge in [-0.2, -0.15) is 17.0 Å². The summed E-state index contributed by atoms with van der Waals surface area (Å²) in [7, 11) is 0. The van der Waals surface area contributed by atoms with Crippen LogP contribution in [-0.4, -0.2) is 72.5 Å². The van der Waals surface area contributed by atoms with E-state index in [1.807, 2.05) is 16.7 Å². The van der Waals surface area contributed by atoms with Crippen molar-refractivity contribution >= 4 is 17.7 Å². The van der Waals surface area contributed by atoms with Crippen LogP contribution in [0.2, 0.25) is 0 Å². The molecular formula is C12H20N4OS. The summed E-state index contributed by atoms with van der Waals surface area (Å²) < 4.78 is 0. The Balaban J connectivity index is 1.75. The fourth-order valence-electron chi connectivity index (χ4n) is 2.34. The molecule has 0 aromatic rings. The first-order valence-electron chi connectivity index (χ1n) is 6.50. The largest absolute Gasteiger partial charge is 0.339 e. The maximum atomic E-state index is 12.3. The van der Waals surface area contributed by atoms with E-state index in [0.29, 0.717) is 6.42 Å². The molecule has 2 aliphatic heterocycles. The molecule has 0 bridgehead atoms. The van der Waals surface area contributed by atoms with E-state index >= 15 is 0 Å². The molecule has 6 heteroatoms. The van der Waals surface area contributed by atoms with Gasteiger partial charge in [-0.1, -0.05) is 0 Å². The van der Waals surface area contributed by atoms with Gasteiger partial charge in [-0.3, -0.25) is 9.69 Å². The van der Waals surface area contributed by atoms with Crippen LogP contribution in [-0.2, 0) is 4.79 Å². The highest BCUT2D eigenvalue weighted by Gasteiger charge is 2.28. The van der Waals surface area contributed by atoms with Gasteiger partial charge < -0.3 is 10.2 Å². The summed E-state index contributed by atoms with van der Waals surface area (Å²) in [4.78, 5) is 16.5. The lowest BCUT2D eigenvalue weighted by Gasteiger charge is -2.37. The smallest absolute Gasteiger partial charge is 0.240 e. The summed E-state index contributed by atoms with van der Waals surface area (Å²) in [5.41, 5.74) is 0. The summed E-state index contributed by atoms with van der Waals surface area (Å²) in [6.45, 7) is 5.15. The number of carbonyl (C=O) groups is 1. The van der Waals surface area contributed by atoms with E-state index in [0.717, 1.165) is 50.8 Å². The highest BCUT2D eigenvalue weighted by molar-refractivity contribution is 7.99. The van der Waals surface area contributed by atoms with Crippen LogP contribution in [0.15, 0.2) is 0 Å². The molecule has 2 fully saturated rings. The highest BCUT2D eigenvalue weighted by atomic mass is 32.2. The lowest BCUT2D eigenvalue weighted by Crippen LogP contribution is -2.56. The van der Waals surface area contributed by atoms with E-state index in [4.69, 9.17) is 5.26 Å². The topological polar surface area (TPSA) is 59.4 Å². The predicted octanol–water partition coefficient (Wildman–Crippen LogP) is -0.251. The number of hydrogen-bond donors (Lipinski definition) is 1. The fraction of sp³-hybridized carbons (Fsp3) is 0.833. The fourth-order valence-corrected chi connectivity index (χ4v) is 3.27. The Hall–Kier alpha value is -0.770. The van der Waals surface area contributed by atoms with Crippen molar-refractivity contribution < 1.29 is 4.79 Å². The minimum atomic E-state index is 0.00871. The lowest BCUT2D eigenvalue weighted by atomic mass is 10.2. The number of rotatable bonds is 3. The first-order valence-corrected chi connectivity index (χ1v) is 7.66. The molecule has 1 unspecified atom stereocenters. The Morgan fingerprint density at radius 1 is 1.39 bits per heavy atom. The molecule has 0 aromatic heterocycles. The van der Waals surface area contributed by atoms with Gasteiger partial charge in [-0.25, -0.2) is 0 Å². The van der Waals surface area contributed by atoms with Crippen LogP contribution in [0.4, 0.5) is 0 Å². The summed E-state index contributed by atoms with van der Waals surface area (Å²) in [6.07, 6.45) is 0.578. The molecule has 0 aliphatic carbocycles. The van der Waals surface area contributed by atoms with Crippen molar-refractivity contribution in [2.75, 3.05) is 50.8 Å². The number of carbonyl (C=O) groups excluding carboxylic acids is 1. The third-order valence-corrected chi connectivity index (χ3v) is 4.51. The molecule has 0 aromatic carbocycles. The number of nitriles is 1. The van der Waals surface area contributed by atoms with Crippen LogP contribution in [0.3, 0.4) is 0 Å². The van der Waals surface area contributed by atoms with Crippen molar-refractivity contribution in [2.24, 2.45) is 0 Å². The zero-order valence-electron chi connectivity index (χ0n) is 10.6. The Morgan fingerprint density at radius 3 is 2.78 bits per heavy atom. The van der Waals surface area contributed by atoms with Gasteiger partial charge in [0.05, 0.1) is 12.1 Å². The van der Waals surface area contributed by atoms with E-state index in [1.165, 1.54) is 0 Å². The van der Waals surface area contributed by atoms with Crippen LogP contribution in [0, 0.1) is 11.3 Å². The van der Waals surface area contributed by atoms with Crippen molar-refractivity contribution in [1.82, 2.24) is 15.1 Å². The molecule has 0 saturated carbocycles. The molecule has 5 nitrogen and oxygen atoms in total. The van der Waals surface area contributed by atoms with Crippen LogP contribution >= 0.6 is 11.8 Å². The number of hydrogen-bond acceptors (Lipinski definition) is 5. The molecule has 18 heavy (non-hydrogen) atoms. The molecule has 2 saturated heterocycles. The second-order valence-corrected chi connectivity index (χ2v) is 5.81. The summed E-state index contributed by atoms with van der Waals surface area (Å²) in [5.74, 6) is 2.25. The maximum absolute atomic E-state index is 12.3. The van der Waals surface area contributed by atoms with E-state index < -0.39 is 0 Å². The Kier molecular flexibility index (Phi) is 5.29. The molecule has 2 heterocycles. The number of nitrogens with one attached hydrogen (secondary N) is 1. The van der Waals surface area contributed by atoms with E-state index in [1.54, 1.807) is 0 Å². The van der Waals surface area contributed by atoms with Gasteiger partial charge >= 0.3 is 0 Å². The lowest BCUT2D eigenvalue weighted by molar-refractivity contribution is -0.134. The molecule has 1 N–H and O–H groups in total. The van der Waals surface area contributed by atoms with Crippen LogP contribution < -0.4 is 5.32 Å². The van der Waals surface area contributed by atoms with Crippen LogP contribution in [0.1, 0.15) is 6.42 Å². The van der Waals surface area contributed by atoms with Crippen molar-refractivity contribution in [1.29, 1.82) is 5.26 Å². The summed E-state index contributed by atoms with van der Waals surface area (Å²) in [6, 6.07) is 2.17. The highest BCUT2D eigenvalue weighted by Crippen LogP contribution is 2.11. The zero-order chi connectivity index (χ0) is 12.8. The van der Waals surface area contributed by atoms with Crippen molar-refractivity contribution in [2.45, 2.75) is 12.5 Å². The second kappa shape index (κ2) is 6.98. The van der Waals surface area contributed by atoms with Gasteiger partial charge in [0.2, 0.25) is 5.91 Å². The first-order chi connectivity index (χ1) is 8.81. The second-order valence-electron chi connectivity index (χ2n) is 4.66. The first kappa shape index (κ1) is 13.7. The van der Waals surface area contributed by atoms with E-state index in [2.05, 4.69) is 16.3 Å². The number of thioether (sulfide) groups is 1. The van der Waals surface area contributed by atoms with Crippen LogP contribution in [0.25, 0.3) is 0 Å². The molecule has 1 atom stereocenters. The standard InChI is InChI=1S/C12H20N4OS/c13-2-1-4-15-5-7-16(8-6-15)12(17)11-10-18-9-3-14-11/h11,14H,1,3-10H2. The van der Waals surface area contributed by atoms with Gasteiger partial charge in [-0.05, 0) is 0 Å². The molecule has 2 rings (SSSR count).